The van der Waals surface area contributed by atoms with Crippen molar-refractivity contribution < 1.29 is 9.59 Å². The van der Waals surface area contributed by atoms with Crippen molar-refractivity contribution in [1.29, 1.82) is 0 Å². The number of rotatable bonds is 5. The molecule has 2 aromatic rings. The molecule has 114 valence electrons. The summed E-state index contributed by atoms with van der Waals surface area (Å²) >= 11 is 0. The van der Waals surface area contributed by atoms with Gasteiger partial charge in [-0.1, -0.05) is 12.1 Å². The first-order valence-electron chi connectivity index (χ1n) is 7.60. The summed E-state index contributed by atoms with van der Waals surface area (Å²) in [6.45, 7) is 1.80. The van der Waals surface area contributed by atoms with Crippen LogP contribution in [0.15, 0.2) is 36.5 Å². The van der Waals surface area contributed by atoms with Crippen molar-refractivity contribution in [3.8, 4) is 0 Å². The summed E-state index contributed by atoms with van der Waals surface area (Å²) in [6.07, 6.45) is 3.66. The SMILES string of the molecule is O=C(CCN1CCCC1=O)NCc1ccc2ncccc2c1. The van der Waals surface area contributed by atoms with Gasteiger partial charge in [0.15, 0.2) is 0 Å². The van der Waals surface area contributed by atoms with Crippen LogP contribution in [-0.4, -0.2) is 34.8 Å². The Bertz CT molecular complexity index is 699. The topological polar surface area (TPSA) is 62.3 Å². The quantitative estimate of drug-likeness (QED) is 0.916. The van der Waals surface area contributed by atoms with Crippen LogP contribution >= 0.6 is 0 Å². The van der Waals surface area contributed by atoms with E-state index in [0.29, 0.717) is 25.9 Å². The number of carbonyl (C=O) groups is 2. The number of amides is 2. The summed E-state index contributed by atoms with van der Waals surface area (Å²) in [4.78, 5) is 29.4. The molecule has 1 aromatic carbocycles. The lowest BCUT2D eigenvalue weighted by Crippen LogP contribution is -2.31. The molecule has 1 aromatic heterocycles. The first-order chi connectivity index (χ1) is 10.7. The molecule has 2 amide bonds. The van der Waals surface area contributed by atoms with E-state index in [2.05, 4.69) is 10.3 Å². The molecule has 0 spiro atoms. The van der Waals surface area contributed by atoms with Crippen molar-refractivity contribution >= 4 is 22.7 Å². The van der Waals surface area contributed by atoms with Crippen molar-refractivity contribution in [2.45, 2.75) is 25.8 Å². The maximum atomic E-state index is 11.9. The molecule has 0 radical (unpaired) electrons. The average molecular weight is 297 g/mol. The highest BCUT2D eigenvalue weighted by atomic mass is 16.2. The molecule has 1 aliphatic heterocycles. The molecule has 0 atom stereocenters. The molecular formula is C17H19N3O2. The summed E-state index contributed by atoms with van der Waals surface area (Å²) in [5, 5.41) is 3.97. The number of pyridine rings is 1. The van der Waals surface area contributed by atoms with Gasteiger partial charge in [-0.05, 0) is 30.2 Å². The lowest BCUT2D eigenvalue weighted by atomic mass is 10.1. The van der Waals surface area contributed by atoms with Crippen molar-refractivity contribution in [2.24, 2.45) is 0 Å². The fourth-order valence-corrected chi connectivity index (χ4v) is 2.70. The Labute approximate surface area is 129 Å². The van der Waals surface area contributed by atoms with Gasteiger partial charge in [0.05, 0.1) is 5.52 Å². The second-order valence-corrected chi connectivity index (χ2v) is 5.54. The van der Waals surface area contributed by atoms with Gasteiger partial charge < -0.3 is 10.2 Å². The van der Waals surface area contributed by atoms with Gasteiger partial charge in [-0.2, -0.15) is 0 Å². The van der Waals surface area contributed by atoms with Crippen LogP contribution in [0, 0.1) is 0 Å². The molecule has 22 heavy (non-hydrogen) atoms. The first-order valence-corrected chi connectivity index (χ1v) is 7.60. The number of benzene rings is 1. The smallest absolute Gasteiger partial charge is 0.222 e. The molecule has 1 fully saturated rings. The van der Waals surface area contributed by atoms with E-state index >= 15 is 0 Å². The number of hydrogen-bond acceptors (Lipinski definition) is 3. The Morgan fingerprint density at radius 3 is 3.05 bits per heavy atom. The number of fused-ring (bicyclic) bond motifs is 1. The zero-order valence-electron chi connectivity index (χ0n) is 12.4. The van der Waals surface area contributed by atoms with Gasteiger partial charge in [0.1, 0.15) is 0 Å². The monoisotopic (exact) mass is 297 g/mol. The molecule has 5 heteroatoms. The van der Waals surface area contributed by atoms with Crippen molar-refractivity contribution in [3.63, 3.8) is 0 Å². The number of carbonyl (C=O) groups excluding carboxylic acids is 2. The van der Waals surface area contributed by atoms with Crippen LogP contribution in [0.1, 0.15) is 24.8 Å². The molecule has 0 unspecified atom stereocenters. The van der Waals surface area contributed by atoms with Crippen LogP contribution in [0.25, 0.3) is 10.9 Å². The average Bonchev–Trinajstić information content (AvgIpc) is 2.96. The van der Waals surface area contributed by atoms with Crippen molar-refractivity contribution in [2.75, 3.05) is 13.1 Å². The fourth-order valence-electron chi connectivity index (χ4n) is 2.70. The predicted octanol–water partition coefficient (Wildman–Crippen LogP) is 1.86. The van der Waals surface area contributed by atoms with E-state index in [1.165, 1.54) is 0 Å². The van der Waals surface area contributed by atoms with E-state index < -0.39 is 0 Å². The van der Waals surface area contributed by atoms with Gasteiger partial charge in [0.2, 0.25) is 11.8 Å². The summed E-state index contributed by atoms with van der Waals surface area (Å²) in [5.74, 6) is 0.140. The second-order valence-electron chi connectivity index (χ2n) is 5.54. The standard InChI is InChI=1S/C17H19N3O2/c21-16(7-10-20-9-2-4-17(20)22)19-12-13-5-6-15-14(11-13)3-1-8-18-15/h1,3,5-6,8,11H,2,4,7,9-10,12H2,(H,19,21). The molecule has 0 saturated carbocycles. The highest BCUT2D eigenvalue weighted by Crippen LogP contribution is 2.13. The van der Waals surface area contributed by atoms with Gasteiger partial charge in [0, 0.05) is 44.1 Å². The Balaban J connectivity index is 1.50. The highest BCUT2D eigenvalue weighted by Gasteiger charge is 2.20. The van der Waals surface area contributed by atoms with Crippen LogP contribution < -0.4 is 5.32 Å². The maximum absolute atomic E-state index is 11.9. The molecular weight excluding hydrogens is 278 g/mol. The van der Waals surface area contributed by atoms with E-state index in [4.69, 9.17) is 0 Å². The fraction of sp³-hybridized carbons (Fsp3) is 0.353. The van der Waals surface area contributed by atoms with E-state index in [1.807, 2.05) is 30.3 Å². The lowest BCUT2D eigenvalue weighted by Gasteiger charge is -2.14. The largest absolute Gasteiger partial charge is 0.352 e. The van der Waals surface area contributed by atoms with E-state index in [0.717, 1.165) is 29.4 Å². The Hall–Kier alpha value is -2.43. The predicted molar refractivity (Wildman–Crippen MR) is 84.0 cm³/mol. The molecule has 3 rings (SSSR count). The number of likely N-dealkylation sites (tertiary alicyclic amines) is 1. The Morgan fingerprint density at radius 2 is 2.23 bits per heavy atom. The van der Waals surface area contributed by atoms with Crippen molar-refractivity contribution in [1.82, 2.24) is 15.2 Å². The van der Waals surface area contributed by atoms with Crippen LogP contribution in [0.3, 0.4) is 0 Å². The number of hydrogen-bond donors (Lipinski definition) is 1. The summed E-state index contributed by atoms with van der Waals surface area (Å²) in [6, 6.07) is 9.87. The van der Waals surface area contributed by atoms with Crippen LogP contribution in [-0.2, 0) is 16.1 Å². The summed E-state index contributed by atoms with van der Waals surface area (Å²) < 4.78 is 0. The molecule has 0 bridgehead atoms. The summed E-state index contributed by atoms with van der Waals surface area (Å²) in [5.41, 5.74) is 2.00. The molecule has 1 saturated heterocycles. The van der Waals surface area contributed by atoms with Crippen molar-refractivity contribution in [3.05, 3.63) is 42.1 Å². The minimum absolute atomic E-state index is 0.0222. The van der Waals surface area contributed by atoms with Gasteiger partial charge in [-0.15, -0.1) is 0 Å². The van der Waals surface area contributed by atoms with E-state index in [-0.39, 0.29) is 11.8 Å². The third-order valence-corrected chi connectivity index (χ3v) is 3.94. The van der Waals surface area contributed by atoms with Crippen LogP contribution in [0.4, 0.5) is 0 Å². The molecule has 1 aliphatic rings. The maximum Gasteiger partial charge on any atom is 0.222 e. The Morgan fingerprint density at radius 1 is 1.32 bits per heavy atom. The lowest BCUT2D eigenvalue weighted by molar-refractivity contribution is -0.128. The Kier molecular flexibility index (Phi) is 4.32. The first kappa shape index (κ1) is 14.5. The zero-order chi connectivity index (χ0) is 15.4. The normalized spacial score (nSPS) is 14.5. The zero-order valence-corrected chi connectivity index (χ0v) is 12.4. The molecule has 2 heterocycles. The number of nitrogens with one attached hydrogen (secondary N) is 1. The summed E-state index contributed by atoms with van der Waals surface area (Å²) in [7, 11) is 0. The molecule has 1 N–H and O–H groups in total. The highest BCUT2D eigenvalue weighted by molar-refractivity contribution is 5.81. The van der Waals surface area contributed by atoms with Crippen LogP contribution in [0.5, 0.6) is 0 Å². The third kappa shape index (κ3) is 3.42. The second kappa shape index (κ2) is 6.56. The van der Waals surface area contributed by atoms with E-state index in [1.54, 1.807) is 11.1 Å². The van der Waals surface area contributed by atoms with Gasteiger partial charge >= 0.3 is 0 Å². The molecule has 5 nitrogen and oxygen atoms in total. The van der Waals surface area contributed by atoms with Gasteiger partial charge in [-0.25, -0.2) is 0 Å². The third-order valence-electron chi connectivity index (χ3n) is 3.94. The van der Waals surface area contributed by atoms with Gasteiger partial charge in [-0.3, -0.25) is 14.6 Å². The van der Waals surface area contributed by atoms with Gasteiger partial charge in [0.25, 0.3) is 0 Å². The van der Waals surface area contributed by atoms with Crippen LogP contribution in [0.2, 0.25) is 0 Å². The number of nitrogens with zero attached hydrogens (tertiary/aromatic N) is 2. The molecule has 0 aliphatic carbocycles. The minimum Gasteiger partial charge on any atom is -0.352 e. The minimum atomic E-state index is -0.0222. The number of aromatic nitrogens is 1. The van der Waals surface area contributed by atoms with E-state index in [9.17, 15) is 9.59 Å².